The van der Waals surface area contributed by atoms with Gasteiger partial charge in [0.2, 0.25) is 5.91 Å². The lowest BCUT2D eigenvalue weighted by Crippen LogP contribution is -2.62. The van der Waals surface area contributed by atoms with Gasteiger partial charge in [-0.1, -0.05) is 30.3 Å². The highest BCUT2D eigenvalue weighted by molar-refractivity contribution is 5.85. The molecule has 1 aromatic carbocycles. The molecule has 24 heavy (non-hydrogen) atoms. The molecule has 0 aromatic heterocycles. The number of piperidine rings is 1. The number of hydrogen-bond acceptors (Lipinski definition) is 4. The Morgan fingerprint density at radius 2 is 1.92 bits per heavy atom. The molecule has 2 atom stereocenters. The number of carbonyl (C=O) groups excluding carboxylic acids is 1. The maximum Gasteiger partial charge on any atom is 0.234 e. The van der Waals surface area contributed by atoms with Crippen LogP contribution in [0.1, 0.15) is 24.8 Å². The Kier molecular flexibility index (Phi) is 8.46. The van der Waals surface area contributed by atoms with Crippen molar-refractivity contribution in [3.8, 4) is 0 Å². The van der Waals surface area contributed by atoms with Gasteiger partial charge in [-0.05, 0) is 44.5 Å². The van der Waals surface area contributed by atoms with Crippen molar-refractivity contribution in [3.05, 3.63) is 35.9 Å². The van der Waals surface area contributed by atoms with Gasteiger partial charge in [0.1, 0.15) is 0 Å². The molecular weight excluding hydrogens is 349 g/mol. The first kappa shape index (κ1) is 21.2. The van der Waals surface area contributed by atoms with E-state index in [1.54, 1.807) is 0 Å². The molecule has 5 nitrogen and oxygen atoms in total. The molecule has 0 bridgehead atoms. The lowest BCUT2D eigenvalue weighted by molar-refractivity contribution is -0.126. The van der Waals surface area contributed by atoms with Gasteiger partial charge < -0.3 is 15.7 Å². The number of nitrogens with one attached hydrogen (secondary N) is 2. The van der Waals surface area contributed by atoms with Crippen molar-refractivity contribution in [3.63, 3.8) is 0 Å². The molecule has 1 amide bonds. The van der Waals surface area contributed by atoms with Crippen LogP contribution in [0.15, 0.2) is 30.3 Å². The maximum atomic E-state index is 12.5. The molecule has 7 heteroatoms. The van der Waals surface area contributed by atoms with E-state index in [4.69, 9.17) is 0 Å². The van der Waals surface area contributed by atoms with E-state index in [0.717, 1.165) is 25.2 Å². The molecule has 1 aromatic rings. The topological polar surface area (TPSA) is 64.6 Å². The lowest BCUT2D eigenvalue weighted by Gasteiger charge is -2.43. The number of aliphatic hydroxyl groups is 1. The second-order valence-electron chi connectivity index (χ2n) is 6.34. The highest BCUT2D eigenvalue weighted by Crippen LogP contribution is 2.31. The molecule has 0 saturated carbocycles. The summed E-state index contributed by atoms with van der Waals surface area (Å²) in [6.45, 7) is 3.70. The number of benzene rings is 1. The Labute approximate surface area is 156 Å². The fourth-order valence-electron chi connectivity index (χ4n) is 3.59. The summed E-state index contributed by atoms with van der Waals surface area (Å²) in [5, 5.41) is 16.9. The van der Waals surface area contributed by atoms with Crippen LogP contribution in [0.3, 0.4) is 0 Å². The number of carbonyl (C=O) groups is 1. The normalized spacial score (nSPS) is 27.0. The zero-order valence-electron chi connectivity index (χ0n) is 13.7. The fourth-order valence-corrected chi connectivity index (χ4v) is 3.59. The number of rotatable bonds is 4. The highest BCUT2D eigenvalue weighted by Gasteiger charge is 2.42. The largest absolute Gasteiger partial charge is 0.389 e. The quantitative estimate of drug-likeness (QED) is 0.741. The third-order valence-electron chi connectivity index (χ3n) is 4.82. The van der Waals surface area contributed by atoms with E-state index >= 15 is 0 Å². The van der Waals surface area contributed by atoms with E-state index in [2.05, 4.69) is 15.5 Å². The van der Waals surface area contributed by atoms with Crippen molar-refractivity contribution in [2.75, 3.05) is 32.7 Å². The number of halogens is 2. The Morgan fingerprint density at radius 3 is 2.54 bits per heavy atom. The van der Waals surface area contributed by atoms with Crippen LogP contribution in [0.4, 0.5) is 0 Å². The summed E-state index contributed by atoms with van der Waals surface area (Å²) in [5.41, 5.74) is 0.308. The first-order valence-corrected chi connectivity index (χ1v) is 8.18. The fraction of sp³-hybridized carbons (Fsp3) is 0.588. The molecule has 0 aliphatic carbocycles. The number of nitrogens with zero attached hydrogens (tertiary/aromatic N) is 1. The van der Waals surface area contributed by atoms with Gasteiger partial charge in [0.05, 0.1) is 18.2 Å². The second kappa shape index (κ2) is 9.59. The Bertz CT molecular complexity index is 512. The zero-order valence-corrected chi connectivity index (χ0v) is 15.4. The summed E-state index contributed by atoms with van der Waals surface area (Å²) < 4.78 is 0. The van der Waals surface area contributed by atoms with Crippen LogP contribution in [0.2, 0.25) is 0 Å². The smallest absolute Gasteiger partial charge is 0.234 e. The van der Waals surface area contributed by atoms with Gasteiger partial charge in [0.25, 0.3) is 0 Å². The maximum absolute atomic E-state index is 12.5. The summed E-state index contributed by atoms with van der Waals surface area (Å²) in [7, 11) is 0. The first-order valence-electron chi connectivity index (χ1n) is 8.18. The first-order chi connectivity index (χ1) is 10.7. The monoisotopic (exact) mass is 375 g/mol. The number of β-amino-alcohol motifs (C(OH)–C–C–N with tert-alkyl or cyclic N) is 1. The van der Waals surface area contributed by atoms with Crippen LogP contribution < -0.4 is 10.6 Å². The molecule has 0 spiro atoms. The number of hydrogen-bond donors (Lipinski definition) is 3. The van der Waals surface area contributed by atoms with E-state index in [9.17, 15) is 9.90 Å². The molecular formula is C17H27Cl2N3O2. The lowest BCUT2D eigenvalue weighted by atomic mass is 9.79. The summed E-state index contributed by atoms with van der Waals surface area (Å²) in [5.74, 6) is 0.00621. The van der Waals surface area contributed by atoms with E-state index in [1.165, 1.54) is 12.8 Å². The van der Waals surface area contributed by atoms with Gasteiger partial charge in [-0.2, -0.15) is 0 Å². The summed E-state index contributed by atoms with van der Waals surface area (Å²) in [4.78, 5) is 14.7. The Balaban J connectivity index is 0.00000144. The van der Waals surface area contributed by atoms with E-state index in [0.29, 0.717) is 19.5 Å². The van der Waals surface area contributed by atoms with Crippen LogP contribution in [0.25, 0.3) is 0 Å². The van der Waals surface area contributed by atoms with Gasteiger partial charge in [-0.15, -0.1) is 24.8 Å². The SMILES string of the molecule is Cl.Cl.O=C(CN1CCCC1)N[C@@]1(c2ccccc2)CCNC[C@H]1O. The molecule has 0 unspecified atom stereocenters. The standard InChI is InChI=1S/C17H25N3O2.2ClH/c21-15-12-18-9-8-17(15,14-6-2-1-3-7-14)19-16(22)13-20-10-4-5-11-20;;/h1-3,6-7,15,18,21H,4-5,8-13H2,(H,19,22);2*1H/t15-,17-;;/m1../s1. The molecule has 2 saturated heterocycles. The van der Waals surface area contributed by atoms with Crippen molar-refractivity contribution in [2.24, 2.45) is 0 Å². The Morgan fingerprint density at radius 1 is 1.25 bits per heavy atom. The molecule has 3 rings (SSSR count). The van der Waals surface area contributed by atoms with Gasteiger partial charge in [0.15, 0.2) is 0 Å². The average Bonchev–Trinajstić information content (AvgIpc) is 3.03. The molecule has 0 radical (unpaired) electrons. The van der Waals surface area contributed by atoms with E-state index in [-0.39, 0.29) is 30.7 Å². The molecule has 2 heterocycles. The molecule has 2 aliphatic heterocycles. The van der Waals surface area contributed by atoms with Gasteiger partial charge in [-0.3, -0.25) is 9.69 Å². The van der Waals surface area contributed by atoms with E-state index < -0.39 is 11.6 Å². The van der Waals surface area contributed by atoms with Crippen LogP contribution in [-0.4, -0.2) is 54.7 Å². The van der Waals surface area contributed by atoms with E-state index in [1.807, 2.05) is 30.3 Å². The van der Waals surface area contributed by atoms with Gasteiger partial charge >= 0.3 is 0 Å². The minimum Gasteiger partial charge on any atom is -0.389 e. The predicted molar refractivity (Wildman–Crippen MR) is 99.9 cm³/mol. The predicted octanol–water partition coefficient (Wildman–Crippen LogP) is 1.29. The number of amides is 1. The van der Waals surface area contributed by atoms with Gasteiger partial charge in [0, 0.05) is 6.54 Å². The zero-order chi connectivity index (χ0) is 15.4. The van der Waals surface area contributed by atoms with Crippen LogP contribution in [0.5, 0.6) is 0 Å². The minimum atomic E-state index is -0.677. The molecule has 2 aliphatic rings. The summed E-state index contributed by atoms with van der Waals surface area (Å²) in [6.07, 6.45) is 2.42. The van der Waals surface area contributed by atoms with Crippen LogP contribution in [0, 0.1) is 0 Å². The van der Waals surface area contributed by atoms with Crippen molar-refractivity contribution >= 4 is 30.7 Å². The minimum absolute atomic E-state index is 0. The third kappa shape index (κ3) is 4.61. The molecule has 136 valence electrons. The van der Waals surface area contributed by atoms with Crippen molar-refractivity contribution in [1.82, 2.24) is 15.5 Å². The van der Waals surface area contributed by atoms with Gasteiger partial charge in [-0.25, -0.2) is 0 Å². The third-order valence-corrected chi connectivity index (χ3v) is 4.82. The number of likely N-dealkylation sites (tertiary alicyclic amines) is 1. The molecule has 3 N–H and O–H groups in total. The summed E-state index contributed by atoms with van der Waals surface area (Å²) in [6, 6.07) is 9.85. The van der Waals surface area contributed by atoms with Crippen LogP contribution >= 0.6 is 24.8 Å². The number of aliphatic hydroxyl groups excluding tert-OH is 1. The summed E-state index contributed by atoms with van der Waals surface area (Å²) >= 11 is 0. The average molecular weight is 376 g/mol. The van der Waals surface area contributed by atoms with Crippen LogP contribution in [-0.2, 0) is 10.3 Å². The second-order valence-corrected chi connectivity index (χ2v) is 6.34. The van der Waals surface area contributed by atoms with Crippen molar-refractivity contribution in [1.29, 1.82) is 0 Å². The van der Waals surface area contributed by atoms with Crippen molar-refractivity contribution < 1.29 is 9.90 Å². The Hall–Kier alpha value is -0.850. The highest BCUT2D eigenvalue weighted by atomic mass is 35.5. The van der Waals surface area contributed by atoms with Crippen molar-refractivity contribution in [2.45, 2.75) is 30.9 Å². The molecule has 2 fully saturated rings.